The maximum Gasteiger partial charge on any atom is 0.162 e. The number of fused-ring (bicyclic) bond motifs is 1. The highest BCUT2D eigenvalue weighted by atomic mass is 16.1. The predicted molar refractivity (Wildman–Crippen MR) is 53.4 cm³/mol. The molecule has 2 aliphatic carbocycles. The lowest BCUT2D eigenvalue weighted by molar-refractivity contribution is -0.115. The van der Waals surface area contributed by atoms with Crippen LogP contribution >= 0.6 is 0 Å². The largest absolute Gasteiger partial charge is 0.294 e. The third-order valence-electron chi connectivity index (χ3n) is 2.93. The third kappa shape index (κ3) is 1.74. The first-order valence-corrected chi connectivity index (χ1v) is 5.22. The van der Waals surface area contributed by atoms with E-state index in [1.54, 1.807) is 0 Å². The van der Waals surface area contributed by atoms with Gasteiger partial charge in [-0.3, -0.25) is 4.79 Å². The number of Topliss-reactive ketones (excluding diaryl/α,β-unsaturated/α-hetero) is 1. The summed E-state index contributed by atoms with van der Waals surface area (Å²) >= 11 is 0. The van der Waals surface area contributed by atoms with Crippen molar-refractivity contribution < 1.29 is 4.79 Å². The van der Waals surface area contributed by atoms with Gasteiger partial charge in [-0.2, -0.15) is 0 Å². The van der Waals surface area contributed by atoms with Crippen LogP contribution in [0.3, 0.4) is 0 Å². The maximum absolute atomic E-state index is 11.6. The van der Waals surface area contributed by atoms with Crippen molar-refractivity contribution in [2.24, 2.45) is 5.92 Å². The van der Waals surface area contributed by atoms with Crippen LogP contribution < -0.4 is 0 Å². The lowest BCUT2D eigenvalue weighted by Crippen LogP contribution is -2.07. The number of carbonyl (C=O) groups is 1. The molecule has 1 atom stereocenters. The molecular formula is C12H16O. The lowest BCUT2D eigenvalue weighted by Gasteiger charge is -2.16. The van der Waals surface area contributed by atoms with Gasteiger partial charge in [0.15, 0.2) is 5.78 Å². The molecule has 0 N–H and O–H groups in total. The Hall–Kier alpha value is -0.850. The normalized spacial score (nSPS) is 28.7. The fourth-order valence-electron chi connectivity index (χ4n) is 2.18. The molecule has 0 amide bonds. The molecule has 1 fully saturated rings. The molecule has 1 heteroatoms. The smallest absolute Gasteiger partial charge is 0.162 e. The first kappa shape index (κ1) is 8.74. The molecule has 2 aliphatic rings. The summed E-state index contributed by atoms with van der Waals surface area (Å²) in [5, 5.41) is 0. The van der Waals surface area contributed by atoms with E-state index in [1.165, 1.54) is 12.0 Å². The second-order valence-electron chi connectivity index (χ2n) is 4.15. The van der Waals surface area contributed by atoms with Crippen LogP contribution in [0.2, 0.25) is 0 Å². The summed E-state index contributed by atoms with van der Waals surface area (Å²) in [6.07, 6.45) is 9.61. The Kier molecular flexibility index (Phi) is 2.34. The van der Waals surface area contributed by atoms with Gasteiger partial charge in [0.25, 0.3) is 0 Å². The van der Waals surface area contributed by atoms with E-state index >= 15 is 0 Å². The summed E-state index contributed by atoms with van der Waals surface area (Å²) in [6.45, 7) is 2.22. The number of hydrogen-bond donors (Lipinski definition) is 0. The van der Waals surface area contributed by atoms with Crippen LogP contribution in [0.5, 0.6) is 0 Å². The van der Waals surface area contributed by atoms with Crippen molar-refractivity contribution in [2.45, 2.75) is 39.0 Å². The Morgan fingerprint density at radius 2 is 2.08 bits per heavy atom. The Morgan fingerprint density at radius 3 is 2.92 bits per heavy atom. The highest BCUT2D eigenvalue weighted by molar-refractivity contribution is 6.00. The molecule has 1 saturated carbocycles. The molecule has 0 aliphatic heterocycles. The quantitative estimate of drug-likeness (QED) is 0.554. The molecule has 2 rings (SSSR count). The van der Waals surface area contributed by atoms with Crippen molar-refractivity contribution in [1.29, 1.82) is 0 Å². The van der Waals surface area contributed by atoms with Crippen molar-refractivity contribution in [3.05, 3.63) is 23.3 Å². The van der Waals surface area contributed by atoms with Gasteiger partial charge in [-0.15, -0.1) is 0 Å². The molecule has 1 nitrogen and oxygen atoms in total. The Bertz CT molecular complexity index is 283. The Labute approximate surface area is 79.5 Å². The van der Waals surface area contributed by atoms with Crippen LogP contribution in [-0.4, -0.2) is 5.78 Å². The summed E-state index contributed by atoms with van der Waals surface area (Å²) < 4.78 is 0. The van der Waals surface area contributed by atoms with E-state index in [0.29, 0.717) is 11.7 Å². The molecule has 70 valence electrons. The first-order chi connectivity index (χ1) is 6.27. The van der Waals surface area contributed by atoms with Crippen LogP contribution in [0.1, 0.15) is 39.0 Å². The van der Waals surface area contributed by atoms with Crippen molar-refractivity contribution in [3.63, 3.8) is 0 Å². The van der Waals surface area contributed by atoms with Gasteiger partial charge in [0, 0.05) is 12.0 Å². The number of allylic oxidation sites excluding steroid dienone is 4. The van der Waals surface area contributed by atoms with Crippen LogP contribution in [0.4, 0.5) is 0 Å². The Balaban J connectivity index is 2.29. The molecule has 13 heavy (non-hydrogen) atoms. The van der Waals surface area contributed by atoms with E-state index in [2.05, 4.69) is 19.1 Å². The zero-order chi connectivity index (χ0) is 9.26. The minimum atomic E-state index is 0.371. The summed E-state index contributed by atoms with van der Waals surface area (Å²) in [5.41, 5.74) is 2.36. The second kappa shape index (κ2) is 3.49. The highest BCUT2D eigenvalue weighted by Gasteiger charge is 2.20. The van der Waals surface area contributed by atoms with Gasteiger partial charge in [0.2, 0.25) is 0 Å². The van der Waals surface area contributed by atoms with Crippen molar-refractivity contribution in [1.82, 2.24) is 0 Å². The number of rotatable bonds is 0. The summed E-state index contributed by atoms with van der Waals surface area (Å²) in [5.74, 6) is 1.00. The van der Waals surface area contributed by atoms with Crippen molar-refractivity contribution in [2.75, 3.05) is 0 Å². The van der Waals surface area contributed by atoms with Crippen LogP contribution in [0, 0.1) is 5.92 Å². The van der Waals surface area contributed by atoms with Gasteiger partial charge in [0.05, 0.1) is 0 Å². The summed E-state index contributed by atoms with van der Waals surface area (Å²) in [4.78, 5) is 11.6. The van der Waals surface area contributed by atoms with E-state index in [1.807, 2.05) is 0 Å². The molecule has 0 radical (unpaired) electrons. The molecule has 1 unspecified atom stereocenters. The SMILES string of the molecule is CC1C=C2CCCCC(=O)C2=CC1. The van der Waals surface area contributed by atoms with Gasteiger partial charge >= 0.3 is 0 Å². The minimum Gasteiger partial charge on any atom is -0.294 e. The van der Waals surface area contributed by atoms with Crippen LogP contribution in [-0.2, 0) is 4.79 Å². The second-order valence-corrected chi connectivity index (χ2v) is 4.15. The first-order valence-electron chi connectivity index (χ1n) is 5.22. The zero-order valence-corrected chi connectivity index (χ0v) is 8.18. The zero-order valence-electron chi connectivity index (χ0n) is 8.18. The summed E-state index contributed by atoms with van der Waals surface area (Å²) in [7, 11) is 0. The molecule has 0 bridgehead atoms. The highest BCUT2D eigenvalue weighted by Crippen LogP contribution is 2.31. The van der Waals surface area contributed by atoms with Crippen LogP contribution in [0.15, 0.2) is 23.3 Å². The van der Waals surface area contributed by atoms with Crippen LogP contribution in [0.25, 0.3) is 0 Å². The van der Waals surface area contributed by atoms with E-state index in [9.17, 15) is 4.79 Å². The maximum atomic E-state index is 11.6. The van der Waals surface area contributed by atoms with Gasteiger partial charge in [-0.05, 0) is 37.2 Å². The van der Waals surface area contributed by atoms with Gasteiger partial charge in [-0.25, -0.2) is 0 Å². The topological polar surface area (TPSA) is 17.1 Å². The molecular weight excluding hydrogens is 160 g/mol. The van der Waals surface area contributed by atoms with E-state index in [0.717, 1.165) is 31.3 Å². The molecule has 0 spiro atoms. The fraction of sp³-hybridized carbons (Fsp3) is 0.583. The molecule has 0 heterocycles. The van der Waals surface area contributed by atoms with Gasteiger partial charge in [-0.1, -0.05) is 19.1 Å². The van der Waals surface area contributed by atoms with Gasteiger partial charge in [0.1, 0.15) is 0 Å². The number of carbonyl (C=O) groups excluding carboxylic acids is 1. The summed E-state index contributed by atoms with van der Waals surface area (Å²) in [6, 6.07) is 0. The van der Waals surface area contributed by atoms with Crippen molar-refractivity contribution in [3.8, 4) is 0 Å². The number of ketones is 1. The minimum absolute atomic E-state index is 0.371. The van der Waals surface area contributed by atoms with E-state index < -0.39 is 0 Å². The third-order valence-corrected chi connectivity index (χ3v) is 2.93. The van der Waals surface area contributed by atoms with E-state index in [4.69, 9.17) is 0 Å². The van der Waals surface area contributed by atoms with Gasteiger partial charge < -0.3 is 0 Å². The monoisotopic (exact) mass is 176 g/mol. The van der Waals surface area contributed by atoms with Crippen molar-refractivity contribution >= 4 is 5.78 Å². The lowest BCUT2D eigenvalue weighted by atomic mass is 9.88. The fourth-order valence-corrected chi connectivity index (χ4v) is 2.18. The molecule has 0 aromatic carbocycles. The number of hydrogen-bond acceptors (Lipinski definition) is 1. The molecule has 0 aromatic rings. The predicted octanol–water partition coefficient (Wildman–Crippen LogP) is 3.02. The Morgan fingerprint density at radius 1 is 1.31 bits per heavy atom. The average Bonchev–Trinajstić information content (AvgIpc) is 2.28. The molecule has 0 aromatic heterocycles. The molecule has 0 saturated heterocycles. The van der Waals surface area contributed by atoms with E-state index in [-0.39, 0.29) is 0 Å². The average molecular weight is 176 g/mol. The standard InChI is InChI=1S/C12H16O/c1-9-6-7-11-10(8-9)4-2-3-5-12(11)13/h7-9H,2-6H2,1H3.